The fourth-order valence-corrected chi connectivity index (χ4v) is 4.28. The minimum absolute atomic E-state index is 0.106. The third-order valence-electron chi connectivity index (χ3n) is 5.55. The molecule has 0 N–H and O–H groups in total. The summed E-state index contributed by atoms with van der Waals surface area (Å²) in [5, 5.41) is 0.759. The van der Waals surface area contributed by atoms with Crippen LogP contribution in [0.5, 0.6) is 0 Å². The van der Waals surface area contributed by atoms with Gasteiger partial charge in [-0.1, -0.05) is 42.5 Å². The van der Waals surface area contributed by atoms with Crippen molar-refractivity contribution in [3.05, 3.63) is 77.4 Å². The number of methoxy groups -OCH3 is 1. The van der Waals surface area contributed by atoms with Crippen molar-refractivity contribution in [3.8, 4) is 0 Å². The molecular formula is C26H34FN5O2S. The normalized spacial score (nSPS) is 11.1. The van der Waals surface area contributed by atoms with Crippen LogP contribution in [0, 0.1) is 5.82 Å². The smallest absolute Gasteiger partial charge is 0.224 e. The average molecular weight is 500 g/mol. The quantitative estimate of drug-likeness (QED) is 0.337. The minimum Gasteiger partial charge on any atom is -0.383 e. The molecule has 9 heteroatoms. The Bertz CT molecular complexity index is 1030. The van der Waals surface area contributed by atoms with Gasteiger partial charge in [-0.2, -0.15) is 4.37 Å². The topological polar surface area (TPSA) is 61.8 Å². The Kier molecular flexibility index (Phi) is 10.6. The summed E-state index contributed by atoms with van der Waals surface area (Å²) in [4.78, 5) is 24.0. The van der Waals surface area contributed by atoms with E-state index < -0.39 is 0 Å². The van der Waals surface area contributed by atoms with Crippen LogP contribution >= 0.6 is 11.5 Å². The van der Waals surface area contributed by atoms with Gasteiger partial charge in [0.2, 0.25) is 11.0 Å². The molecule has 0 atom stereocenters. The number of rotatable bonds is 14. The number of aromatic nitrogens is 2. The molecule has 35 heavy (non-hydrogen) atoms. The molecule has 0 spiro atoms. The number of halogens is 1. The molecule has 0 saturated heterocycles. The van der Waals surface area contributed by atoms with Crippen molar-refractivity contribution >= 4 is 22.6 Å². The van der Waals surface area contributed by atoms with Crippen molar-refractivity contribution in [2.75, 3.05) is 58.9 Å². The predicted molar refractivity (Wildman–Crippen MR) is 138 cm³/mol. The van der Waals surface area contributed by atoms with E-state index in [4.69, 9.17) is 4.74 Å². The lowest BCUT2D eigenvalue weighted by molar-refractivity contribution is -0.131. The third-order valence-corrected chi connectivity index (χ3v) is 6.37. The van der Waals surface area contributed by atoms with Crippen molar-refractivity contribution < 1.29 is 13.9 Å². The van der Waals surface area contributed by atoms with E-state index in [-0.39, 0.29) is 11.7 Å². The van der Waals surface area contributed by atoms with E-state index in [0.717, 1.165) is 22.8 Å². The van der Waals surface area contributed by atoms with Gasteiger partial charge in [-0.3, -0.25) is 4.79 Å². The Morgan fingerprint density at radius 3 is 2.40 bits per heavy atom. The lowest BCUT2D eigenvalue weighted by Crippen LogP contribution is -2.38. The van der Waals surface area contributed by atoms with Crippen LogP contribution in [0.3, 0.4) is 0 Å². The predicted octanol–water partition coefficient (Wildman–Crippen LogP) is 3.70. The van der Waals surface area contributed by atoms with E-state index in [0.29, 0.717) is 51.5 Å². The summed E-state index contributed by atoms with van der Waals surface area (Å²) in [6, 6.07) is 16.4. The van der Waals surface area contributed by atoms with Gasteiger partial charge >= 0.3 is 0 Å². The van der Waals surface area contributed by atoms with E-state index in [1.807, 2.05) is 49.3 Å². The van der Waals surface area contributed by atoms with E-state index in [1.165, 1.54) is 23.7 Å². The lowest BCUT2D eigenvalue weighted by Gasteiger charge is -2.26. The van der Waals surface area contributed by atoms with Crippen LogP contribution in [0.2, 0.25) is 0 Å². The molecule has 3 rings (SSSR count). The Hall–Kier alpha value is -2.88. The van der Waals surface area contributed by atoms with Gasteiger partial charge in [-0.05, 0) is 37.4 Å². The highest BCUT2D eigenvalue weighted by Gasteiger charge is 2.18. The van der Waals surface area contributed by atoms with Crippen molar-refractivity contribution in [2.24, 2.45) is 0 Å². The zero-order valence-electron chi connectivity index (χ0n) is 20.7. The van der Waals surface area contributed by atoms with Gasteiger partial charge in [-0.15, -0.1) is 0 Å². The molecule has 2 aromatic carbocycles. The van der Waals surface area contributed by atoms with E-state index in [2.05, 4.69) is 19.2 Å². The Morgan fingerprint density at radius 1 is 0.971 bits per heavy atom. The second-order valence-electron chi connectivity index (χ2n) is 8.63. The largest absolute Gasteiger partial charge is 0.383 e. The fraction of sp³-hybridized carbons (Fsp3) is 0.423. The average Bonchev–Trinajstić information content (AvgIpc) is 3.32. The van der Waals surface area contributed by atoms with Crippen LogP contribution in [0.25, 0.3) is 0 Å². The van der Waals surface area contributed by atoms with Gasteiger partial charge in [0.05, 0.1) is 6.61 Å². The minimum atomic E-state index is -0.261. The number of carbonyl (C=O) groups is 1. The maximum Gasteiger partial charge on any atom is 0.224 e. The van der Waals surface area contributed by atoms with Crippen molar-refractivity contribution in [1.82, 2.24) is 19.2 Å². The first kappa shape index (κ1) is 26.7. The number of likely N-dealkylation sites (N-methyl/N-ethyl adjacent to an activating group) is 1. The van der Waals surface area contributed by atoms with E-state index in [9.17, 15) is 9.18 Å². The van der Waals surface area contributed by atoms with Crippen LogP contribution in [-0.2, 0) is 22.5 Å². The lowest BCUT2D eigenvalue weighted by atomic mass is 10.1. The zero-order chi connectivity index (χ0) is 25.0. The van der Waals surface area contributed by atoms with Crippen LogP contribution in [0.15, 0.2) is 54.6 Å². The number of carbonyl (C=O) groups excluding carboxylic acids is 1. The molecule has 0 aliphatic rings. The summed E-state index contributed by atoms with van der Waals surface area (Å²) in [5.41, 5.74) is 2.07. The molecule has 0 bridgehead atoms. The van der Waals surface area contributed by atoms with Gasteiger partial charge < -0.3 is 19.4 Å². The van der Waals surface area contributed by atoms with Crippen LogP contribution in [0.1, 0.15) is 23.4 Å². The SMILES string of the molecule is COCCN(CCC(=O)N(CCN(C)C)Cc1ccccc1)c1nc(Cc2ccc(F)cc2)ns1. The summed E-state index contributed by atoms with van der Waals surface area (Å²) in [7, 11) is 5.68. The molecule has 1 heterocycles. The second-order valence-corrected chi connectivity index (χ2v) is 9.36. The molecular weight excluding hydrogens is 465 g/mol. The van der Waals surface area contributed by atoms with E-state index >= 15 is 0 Å². The van der Waals surface area contributed by atoms with Crippen molar-refractivity contribution in [3.63, 3.8) is 0 Å². The van der Waals surface area contributed by atoms with Gasteiger partial charge in [0, 0.05) is 64.2 Å². The number of nitrogens with zero attached hydrogens (tertiary/aromatic N) is 5. The summed E-state index contributed by atoms with van der Waals surface area (Å²) in [5.74, 6) is 0.527. The maximum atomic E-state index is 13.2. The third kappa shape index (κ3) is 9.01. The molecule has 0 saturated carbocycles. The first-order chi connectivity index (χ1) is 16.9. The molecule has 3 aromatic rings. The van der Waals surface area contributed by atoms with Gasteiger partial charge in [-0.25, -0.2) is 9.37 Å². The van der Waals surface area contributed by atoms with Gasteiger partial charge in [0.1, 0.15) is 11.6 Å². The Balaban J connectivity index is 1.64. The Morgan fingerprint density at radius 2 is 1.71 bits per heavy atom. The van der Waals surface area contributed by atoms with Crippen molar-refractivity contribution in [2.45, 2.75) is 19.4 Å². The number of benzene rings is 2. The zero-order valence-corrected chi connectivity index (χ0v) is 21.5. The number of hydrogen-bond donors (Lipinski definition) is 0. The molecule has 7 nitrogen and oxygen atoms in total. The summed E-state index contributed by atoms with van der Waals surface area (Å²) in [6.45, 7) is 3.72. The van der Waals surface area contributed by atoms with Crippen LogP contribution in [-0.4, -0.2) is 79.1 Å². The van der Waals surface area contributed by atoms with Crippen LogP contribution < -0.4 is 4.90 Å². The van der Waals surface area contributed by atoms with Crippen molar-refractivity contribution in [1.29, 1.82) is 0 Å². The van der Waals surface area contributed by atoms with Gasteiger partial charge in [0.25, 0.3) is 0 Å². The maximum absolute atomic E-state index is 13.2. The highest BCUT2D eigenvalue weighted by Crippen LogP contribution is 2.20. The molecule has 0 fully saturated rings. The first-order valence-electron chi connectivity index (χ1n) is 11.7. The summed E-state index contributed by atoms with van der Waals surface area (Å²) >= 11 is 1.31. The number of hydrogen-bond acceptors (Lipinski definition) is 7. The number of anilines is 1. The highest BCUT2D eigenvalue weighted by molar-refractivity contribution is 7.09. The monoisotopic (exact) mass is 499 g/mol. The first-order valence-corrected chi connectivity index (χ1v) is 12.5. The molecule has 0 aliphatic carbocycles. The summed E-state index contributed by atoms with van der Waals surface area (Å²) < 4.78 is 23.0. The molecule has 0 unspecified atom stereocenters. The number of amides is 1. The highest BCUT2D eigenvalue weighted by atomic mass is 32.1. The molecule has 188 valence electrons. The fourth-order valence-electron chi connectivity index (χ4n) is 3.54. The molecule has 0 radical (unpaired) electrons. The summed E-state index contributed by atoms with van der Waals surface area (Å²) in [6.07, 6.45) is 0.903. The standard InChI is InChI=1S/C26H34FN5O2S/c1-30(2)15-16-32(20-22-7-5-4-6-8-22)25(33)13-14-31(17-18-34-3)26-28-24(29-35-26)19-21-9-11-23(27)12-10-21/h4-12H,13-20H2,1-3H3. The Labute approximate surface area is 211 Å². The van der Waals surface area contributed by atoms with Gasteiger partial charge in [0.15, 0.2) is 0 Å². The molecule has 0 aliphatic heterocycles. The van der Waals surface area contributed by atoms with Crippen LogP contribution in [0.4, 0.5) is 9.52 Å². The second kappa shape index (κ2) is 13.9. The molecule has 1 aromatic heterocycles. The molecule has 1 amide bonds. The van der Waals surface area contributed by atoms with E-state index in [1.54, 1.807) is 19.2 Å². The number of ether oxygens (including phenoxy) is 1.